The highest BCUT2D eigenvalue weighted by Crippen LogP contribution is 2.38. The molecule has 0 spiro atoms. The van der Waals surface area contributed by atoms with Crippen LogP contribution in [0.4, 0.5) is 15.6 Å². The lowest BCUT2D eigenvalue weighted by atomic mass is 10.1. The molecule has 4 aromatic rings. The lowest BCUT2D eigenvalue weighted by molar-refractivity contribution is 0.262. The Bertz CT molecular complexity index is 1090. The van der Waals surface area contributed by atoms with E-state index in [0.29, 0.717) is 16.6 Å². The summed E-state index contributed by atoms with van der Waals surface area (Å²) in [5, 5.41) is 6.14. The Balaban J connectivity index is 1.68. The van der Waals surface area contributed by atoms with Gasteiger partial charge >= 0.3 is 6.03 Å². The number of hydrogen-bond donors (Lipinski definition) is 2. The maximum absolute atomic E-state index is 12.4. The first kappa shape index (κ1) is 18.8. The monoisotopic (exact) mass is 401 g/mol. The first-order chi connectivity index (χ1) is 14.1. The van der Waals surface area contributed by atoms with Gasteiger partial charge in [0.15, 0.2) is 5.13 Å². The van der Waals surface area contributed by atoms with Crippen LogP contribution in [0.25, 0.3) is 21.8 Å². The summed E-state index contributed by atoms with van der Waals surface area (Å²) in [4.78, 5) is 26.7. The SMILES string of the molecule is Cc1cccc(-c2nc(NC(=O)Nc3ccccc3)sc2-c2ccnc(C)n2)c1. The molecule has 4 rings (SSSR count). The third-order valence-corrected chi connectivity index (χ3v) is 5.17. The Morgan fingerprint density at radius 3 is 2.52 bits per heavy atom. The van der Waals surface area contributed by atoms with Crippen molar-refractivity contribution in [3.05, 3.63) is 78.2 Å². The molecule has 0 aliphatic heterocycles. The van der Waals surface area contributed by atoms with E-state index in [0.717, 1.165) is 27.4 Å². The number of urea groups is 1. The number of anilines is 2. The number of thiazole rings is 1. The molecular weight excluding hydrogens is 382 g/mol. The zero-order valence-corrected chi connectivity index (χ0v) is 16.8. The molecule has 0 fully saturated rings. The van der Waals surface area contributed by atoms with Gasteiger partial charge in [0.2, 0.25) is 0 Å². The molecule has 0 aliphatic carbocycles. The number of para-hydroxylation sites is 1. The molecule has 0 radical (unpaired) electrons. The number of carbonyl (C=O) groups is 1. The smallest absolute Gasteiger partial charge is 0.308 e. The number of nitrogens with one attached hydrogen (secondary N) is 2. The van der Waals surface area contributed by atoms with Crippen LogP contribution >= 0.6 is 11.3 Å². The number of hydrogen-bond acceptors (Lipinski definition) is 5. The van der Waals surface area contributed by atoms with E-state index in [1.54, 1.807) is 6.20 Å². The van der Waals surface area contributed by atoms with E-state index in [1.807, 2.05) is 68.4 Å². The van der Waals surface area contributed by atoms with Gasteiger partial charge in [0.1, 0.15) is 5.82 Å². The number of aromatic nitrogens is 3. The normalized spacial score (nSPS) is 10.6. The molecule has 0 aliphatic rings. The van der Waals surface area contributed by atoms with Crippen molar-refractivity contribution in [3.8, 4) is 21.8 Å². The zero-order chi connectivity index (χ0) is 20.2. The van der Waals surface area contributed by atoms with Gasteiger partial charge in [0.05, 0.1) is 16.3 Å². The number of amides is 2. The summed E-state index contributed by atoms with van der Waals surface area (Å²) in [5.41, 5.74) is 4.39. The van der Waals surface area contributed by atoms with Gasteiger partial charge in [-0.2, -0.15) is 0 Å². The molecule has 2 amide bonds. The lowest BCUT2D eigenvalue weighted by Gasteiger charge is -2.04. The van der Waals surface area contributed by atoms with Crippen molar-refractivity contribution in [2.24, 2.45) is 0 Å². The minimum Gasteiger partial charge on any atom is -0.308 e. The number of rotatable bonds is 4. The van der Waals surface area contributed by atoms with Gasteiger partial charge in [0.25, 0.3) is 0 Å². The highest BCUT2D eigenvalue weighted by atomic mass is 32.1. The van der Waals surface area contributed by atoms with Crippen molar-refractivity contribution < 1.29 is 4.79 Å². The second kappa shape index (κ2) is 8.20. The largest absolute Gasteiger partial charge is 0.325 e. The summed E-state index contributed by atoms with van der Waals surface area (Å²) in [6, 6.07) is 18.9. The van der Waals surface area contributed by atoms with Crippen LogP contribution < -0.4 is 10.6 Å². The zero-order valence-electron chi connectivity index (χ0n) is 16.0. The summed E-state index contributed by atoms with van der Waals surface area (Å²) < 4.78 is 0. The van der Waals surface area contributed by atoms with E-state index < -0.39 is 0 Å². The topological polar surface area (TPSA) is 79.8 Å². The van der Waals surface area contributed by atoms with Gasteiger partial charge < -0.3 is 5.32 Å². The molecular formula is C22H19N5OS. The third kappa shape index (κ3) is 4.47. The molecule has 0 saturated carbocycles. The molecule has 2 heterocycles. The molecule has 2 N–H and O–H groups in total. The van der Waals surface area contributed by atoms with Crippen molar-refractivity contribution in [2.75, 3.05) is 10.6 Å². The number of benzene rings is 2. The standard InChI is InChI=1S/C22H19N5OS/c1-14-7-6-8-16(13-14)19-20(18-11-12-23-15(2)24-18)29-22(26-19)27-21(28)25-17-9-4-3-5-10-17/h3-13H,1-2H3,(H2,25,26,27,28). The van der Waals surface area contributed by atoms with Gasteiger partial charge in [-0.3, -0.25) is 5.32 Å². The van der Waals surface area contributed by atoms with Gasteiger partial charge in [-0.1, -0.05) is 53.3 Å². The summed E-state index contributed by atoms with van der Waals surface area (Å²) in [6.45, 7) is 3.89. The molecule has 144 valence electrons. The van der Waals surface area contributed by atoms with Gasteiger partial charge in [0, 0.05) is 17.4 Å². The van der Waals surface area contributed by atoms with E-state index in [2.05, 4.69) is 26.7 Å². The molecule has 6 nitrogen and oxygen atoms in total. The highest BCUT2D eigenvalue weighted by molar-refractivity contribution is 7.19. The fourth-order valence-corrected chi connectivity index (χ4v) is 3.85. The predicted molar refractivity (Wildman–Crippen MR) is 117 cm³/mol. The first-order valence-electron chi connectivity index (χ1n) is 9.09. The average Bonchev–Trinajstić information content (AvgIpc) is 3.12. The quantitative estimate of drug-likeness (QED) is 0.471. The van der Waals surface area contributed by atoms with E-state index in [4.69, 9.17) is 4.98 Å². The number of nitrogens with zero attached hydrogens (tertiary/aromatic N) is 3. The molecule has 7 heteroatoms. The maximum Gasteiger partial charge on any atom is 0.325 e. The van der Waals surface area contributed by atoms with Gasteiger partial charge in [-0.25, -0.2) is 19.7 Å². The second-order valence-electron chi connectivity index (χ2n) is 6.50. The second-order valence-corrected chi connectivity index (χ2v) is 7.50. The Kier molecular flexibility index (Phi) is 5.31. The summed E-state index contributed by atoms with van der Waals surface area (Å²) in [5.74, 6) is 0.683. The van der Waals surface area contributed by atoms with E-state index >= 15 is 0 Å². The van der Waals surface area contributed by atoms with Crippen molar-refractivity contribution >= 4 is 28.2 Å². The summed E-state index contributed by atoms with van der Waals surface area (Å²) in [6.07, 6.45) is 1.73. The van der Waals surface area contributed by atoms with E-state index in [-0.39, 0.29) is 6.03 Å². The van der Waals surface area contributed by atoms with Crippen LogP contribution in [0, 0.1) is 13.8 Å². The number of carbonyl (C=O) groups excluding carboxylic acids is 1. The minimum atomic E-state index is -0.342. The van der Waals surface area contributed by atoms with Crippen LogP contribution in [0.2, 0.25) is 0 Å². The summed E-state index contributed by atoms with van der Waals surface area (Å²) >= 11 is 1.39. The van der Waals surface area contributed by atoms with Gasteiger partial charge in [-0.05, 0) is 38.1 Å². The third-order valence-electron chi connectivity index (χ3n) is 4.18. The number of aryl methyl sites for hydroxylation is 2. The molecule has 29 heavy (non-hydrogen) atoms. The Hall–Kier alpha value is -3.58. The summed E-state index contributed by atoms with van der Waals surface area (Å²) in [7, 11) is 0. The van der Waals surface area contributed by atoms with Crippen LogP contribution in [0.1, 0.15) is 11.4 Å². The van der Waals surface area contributed by atoms with E-state index in [9.17, 15) is 4.79 Å². The fourth-order valence-electron chi connectivity index (χ4n) is 2.90. The van der Waals surface area contributed by atoms with Crippen LogP contribution in [-0.4, -0.2) is 21.0 Å². The molecule has 0 bridgehead atoms. The molecule has 2 aromatic carbocycles. The average molecular weight is 401 g/mol. The Labute approximate surface area is 172 Å². The molecule has 0 unspecified atom stereocenters. The van der Waals surface area contributed by atoms with Crippen molar-refractivity contribution in [2.45, 2.75) is 13.8 Å². The highest BCUT2D eigenvalue weighted by Gasteiger charge is 2.18. The maximum atomic E-state index is 12.4. The van der Waals surface area contributed by atoms with E-state index in [1.165, 1.54) is 11.3 Å². The van der Waals surface area contributed by atoms with Crippen LogP contribution in [0.5, 0.6) is 0 Å². The molecule has 0 atom stereocenters. The Morgan fingerprint density at radius 2 is 1.76 bits per heavy atom. The molecule has 2 aromatic heterocycles. The van der Waals surface area contributed by atoms with Gasteiger partial charge in [-0.15, -0.1) is 0 Å². The molecule has 0 saturated heterocycles. The van der Waals surface area contributed by atoms with Crippen molar-refractivity contribution in [1.82, 2.24) is 15.0 Å². The van der Waals surface area contributed by atoms with Crippen molar-refractivity contribution in [3.63, 3.8) is 0 Å². The van der Waals surface area contributed by atoms with Crippen molar-refractivity contribution in [1.29, 1.82) is 0 Å². The predicted octanol–water partition coefficient (Wildman–Crippen LogP) is 5.53. The fraction of sp³-hybridized carbons (Fsp3) is 0.0909. The minimum absolute atomic E-state index is 0.342. The van der Waals surface area contributed by atoms with Crippen LogP contribution in [0.3, 0.4) is 0 Å². The first-order valence-corrected chi connectivity index (χ1v) is 9.91. The van der Waals surface area contributed by atoms with Crippen LogP contribution in [0.15, 0.2) is 66.9 Å². The lowest BCUT2D eigenvalue weighted by Crippen LogP contribution is -2.19. The Morgan fingerprint density at radius 1 is 0.931 bits per heavy atom. The van der Waals surface area contributed by atoms with Crippen LogP contribution in [-0.2, 0) is 0 Å².